The van der Waals surface area contributed by atoms with Crippen molar-refractivity contribution in [2.75, 3.05) is 0 Å². The highest BCUT2D eigenvalue weighted by Gasteiger charge is 2.21. The molecule has 0 atom stereocenters. The monoisotopic (exact) mass is 248 g/mol. The molecule has 0 aromatic heterocycles. The van der Waals surface area contributed by atoms with Crippen LogP contribution in [0.15, 0.2) is 18.2 Å². The van der Waals surface area contributed by atoms with Gasteiger partial charge in [0.2, 0.25) is 0 Å². The van der Waals surface area contributed by atoms with Crippen molar-refractivity contribution in [3.8, 4) is 5.75 Å². The topological polar surface area (TPSA) is 37.3 Å². The van der Waals surface area contributed by atoms with Gasteiger partial charge in [-0.2, -0.15) is 0 Å². The summed E-state index contributed by atoms with van der Waals surface area (Å²) in [7, 11) is 0. The molecule has 0 bridgehead atoms. The molecule has 0 aliphatic carbocycles. The van der Waals surface area contributed by atoms with Crippen LogP contribution >= 0.6 is 0 Å². The lowest BCUT2D eigenvalue weighted by molar-refractivity contribution is 0.112. The summed E-state index contributed by atoms with van der Waals surface area (Å²) in [4.78, 5) is 10.8. The van der Waals surface area contributed by atoms with Crippen molar-refractivity contribution in [1.82, 2.24) is 0 Å². The smallest absolute Gasteiger partial charge is 0.153 e. The molecule has 1 N–H and O–H groups in total. The van der Waals surface area contributed by atoms with Crippen LogP contribution in [0.25, 0.3) is 0 Å². The zero-order chi connectivity index (χ0) is 13.6. The van der Waals surface area contributed by atoms with E-state index in [1.54, 1.807) is 6.07 Å². The second kappa shape index (κ2) is 6.58. The number of phenols is 1. The highest BCUT2D eigenvalue weighted by atomic mass is 16.3. The molecule has 2 nitrogen and oxygen atoms in total. The van der Waals surface area contributed by atoms with Crippen LogP contribution < -0.4 is 0 Å². The summed E-state index contributed by atoms with van der Waals surface area (Å²) < 4.78 is 0. The summed E-state index contributed by atoms with van der Waals surface area (Å²) in [6.07, 6.45) is 6.82. The van der Waals surface area contributed by atoms with E-state index in [1.165, 1.54) is 25.7 Å². The van der Waals surface area contributed by atoms with E-state index in [-0.39, 0.29) is 11.2 Å². The number of hydrogen-bond donors (Lipinski definition) is 1. The van der Waals surface area contributed by atoms with E-state index in [4.69, 9.17) is 0 Å². The lowest BCUT2D eigenvalue weighted by atomic mass is 9.79. The van der Waals surface area contributed by atoms with Crippen LogP contribution in [-0.2, 0) is 5.41 Å². The maximum atomic E-state index is 10.8. The fourth-order valence-electron chi connectivity index (χ4n) is 2.21. The number of carbonyl (C=O) groups excluding carboxylic acids is 1. The van der Waals surface area contributed by atoms with Gasteiger partial charge >= 0.3 is 0 Å². The van der Waals surface area contributed by atoms with Crippen molar-refractivity contribution in [3.05, 3.63) is 29.3 Å². The fraction of sp³-hybridized carbons (Fsp3) is 0.562. The Balaban J connectivity index is 2.74. The van der Waals surface area contributed by atoms with Gasteiger partial charge in [0.25, 0.3) is 0 Å². The average molecular weight is 248 g/mol. The Labute approximate surface area is 110 Å². The lowest BCUT2D eigenvalue weighted by Crippen LogP contribution is -2.17. The highest BCUT2D eigenvalue weighted by molar-refractivity contribution is 5.79. The molecular formula is C16H24O2. The molecule has 1 aromatic rings. The Morgan fingerprint density at radius 1 is 1.22 bits per heavy atom. The summed E-state index contributed by atoms with van der Waals surface area (Å²) in [5.41, 5.74) is 1.56. The van der Waals surface area contributed by atoms with Crippen molar-refractivity contribution in [1.29, 1.82) is 0 Å². The number of carbonyl (C=O) groups is 1. The molecular weight excluding hydrogens is 224 g/mol. The largest absolute Gasteiger partial charge is 0.507 e. The van der Waals surface area contributed by atoms with Crippen LogP contribution in [0.5, 0.6) is 5.75 Å². The standard InChI is InChI=1S/C16H24O2/c1-4-5-6-7-10-16(2,3)14-8-9-15(18)13(11-14)12-17/h8-9,11-12,18H,4-7,10H2,1-3H3. The molecule has 0 aliphatic heterocycles. The Morgan fingerprint density at radius 2 is 1.94 bits per heavy atom. The van der Waals surface area contributed by atoms with Crippen LogP contribution in [-0.4, -0.2) is 11.4 Å². The number of unbranched alkanes of at least 4 members (excludes halogenated alkanes) is 3. The molecule has 18 heavy (non-hydrogen) atoms. The van der Waals surface area contributed by atoms with Gasteiger partial charge in [-0.05, 0) is 29.5 Å². The van der Waals surface area contributed by atoms with Crippen molar-refractivity contribution >= 4 is 6.29 Å². The Bertz CT molecular complexity index is 394. The van der Waals surface area contributed by atoms with Gasteiger partial charge < -0.3 is 5.11 Å². The summed E-state index contributed by atoms with van der Waals surface area (Å²) in [6, 6.07) is 5.34. The van der Waals surface area contributed by atoms with Crippen molar-refractivity contribution in [2.24, 2.45) is 0 Å². The number of rotatable bonds is 7. The van der Waals surface area contributed by atoms with E-state index in [2.05, 4.69) is 20.8 Å². The summed E-state index contributed by atoms with van der Waals surface area (Å²) in [6.45, 7) is 6.60. The van der Waals surface area contributed by atoms with Gasteiger partial charge in [0.1, 0.15) is 5.75 Å². The molecule has 0 unspecified atom stereocenters. The molecule has 0 amide bonds. The van der Waals surface area contributed by atoms with E-state index < -0.39 is 0 Å². The minimum Gasteiger partial charge on any atom is -0.507 e. The van der Waals surface area contributed by atoms with Gasteiger partial charge in [-0.1, -0.05) is 52.5 Å². The normalized spacial score (nSPS) is 11.5. The predicted octanol–water partition coefficient (Wildman–Crippen LogP) is 4.45. The Morgan fingerprint density at radius 3 is 2.56 bits per heavy atom. The molecule has 0 fully saturated rings. The van der Waals surface area contributed by atoms with Gasteiger partial charge in [0.05, 0.1) is 5.56 Å². The third-order valence-corrected chi connectivity index (χ3v) is 3.59. The number of benzene rings is 1. The fourth-order valence-corrected chi connectivity index (χ4v) is 2.21. The van der Waals surface area contributed by atoms with Crippen LogP contribution in [0.3, 0.4) is 0 Å². The van der Waals surface area contributed by atoms with Crippen molar-refractivity contribution < 1.29 is 9.90 Å². The molecule has 100 valence electrons. The third-order valence-electron chi connectivity index (χ3n) is 3.59. The molecule has 0 spiro atoms. The molecule has 0 saturated carbocycles. The Kier molecular flexibility index (Phi) is 5.39. The van der Waals surface area contributed by atoms with Crippen LogP contribution in [0.4, 0.5) is 0 Å². The van der Waals surface area contributed by atoms with Crippen LogP contribution in [0.1, 0.15) is 68.8 Å². The van der Waals surface area contributed by atoms with Gasteiger partial charge in [0.15, 0.2) is 6.29 Å². The van der Waals surface area contributed by atoms with E-state index in [0.29, 0.717) is 11.8 Å². The zero-order valence-electron chi connectivity index (χ0n) is 11.7. The maximum Gasteiger partial charge on any atom is 0.153 e. The third kappa shape index (κ3) is 3.86. The first-order valence-electron chi connectivity index (χ1n) is 6.80. The quantitative estimate of drug-likeness (QED) is 0.571. The Hall–Kier alpha value is -1.31. The summed E-state index contributed by atoms with van der Waals surface area (Å²) in [5, 5.41) is 9.52. The molecule has 0 aliphatic rings. The second-order valence-electron chi connectivity index (χ2n) is 5.59. The minimum atomic E-state index is 0.0548. The first-order chi connectivity index (χ1) is 8.51. The summed E-state index contributed by atoms with van der Waals surface area (Å²) >= 11 is 0. The van der Waals surface area contributed by atoms with Crippen molar-refractivity contribution in [2.45, 2.75) is 58.3 Å². The molecule has 0 saturated heterocycles. The molecule has 0 heterocycles. The number of aldehydes is 1. The first-order valence-corrected chi connectivity index (χ1v) is 6.80. The molecule has 2 heteroatoms. The maximum absolute atomic E-state index is 10.8. The number of phenolic OH excluding ortho intramolecular Hbond substituents is 1. The first kappa shape index (κ1) is 14.7. The van der Waals surface area contributed by atoms with Crippen LogP contribution in [0.2, 0.25) is 0 Å². The average Bonchev–Trinajstić information content (AvgIpc) is 2.35. The van der Waals surface area contributed by atoms with Crippen LogP contribution in [0, 0.1) is 0 Å². The second-order valence-corrected chi connectivity index (χ2v) is 5.59. The highest BCUT2D eigenvalue weighted by Crippen LogP contribution is 2.31. The van der Waals surface area contributed by atoms with Gasteiger partial charge in [-0.25, -0.2) is 0 Å². The zero-order valence-corrected chi connectivity index (χ0v) is 11.7. The van der Waals surface area contributed by atoms with Crippen molar-refractivity contribution in [3.63, 3.8) is 0 Å². The van der Waals surface area contributed by atoms with Gasteiger partial charge in [-0.15, -0.1) is 0 Å². The number of aromatic hydroxyl groups is 1. The lowest BCUT2D eigenvalue weighted by Gasteiger charge is -2.25. The van der Waals surface area contributed by atoms with Gasteiger partial charge in [-0.3, -0.25) is 4.79 Å². The molecule has 1 aromatic carbocycles. The van der Waals surface area contributed by atoms with E-state index in [9.17, 15) is 9.90 Å². The minimum absolute atomic E-state index is 0.0548. The SMILES string of the molecule is CCCCCCC(C)(C)c1ccc(O)c(C=O)c1. The molecule has 1 rings (SSSR count). The predicted molar refractivity (Wildman–Crippen MR) is 75.3 cm³/mol. The van der Waals surface area contributed by atoms with E-state index >= 15 is 0 Å². The van der Waals surface area contributed by atoms with E-state index in [0.717, 1.165) is 12.0 Å². The van der Waals surface area contributed by atoms with Gasteiger partial charge in [0, 0.05) is 0 Å². The summed E-state index contributed by atoms with van der Waals surface area (Å²) in [5.74, 6) is 0.0653. The molecule has 0 radical (unpaired) electrons. The number of hydrogen-bond acceptors (Lipinski definition) is 2. The van der Waals surface area contributed by atoms with E-state index in [1.807, 2.05) is 12.1 Å².